The minimum Gasteiger partial charge on any atom is -0.462 e. The predicted octanol–water partition coefficient (Wildman–Crippen LogP) is 14.3. The van der Waals surface area contributed by atoms with Crippen LogP contribution in [-0.2, 0) is 28.6 Å². The predicted molar refractivity (Wildman–Crippen MR) is 220 cm³/mol. The quantitative estimate of drug-likeness (QED) is 0.0269. The normalized spacial score (nSPS) is 12.0. The van der Waals surface area contributed by atoms with Crippen molar-refractivity contribution in [1.29, 1.82) is 0 Å². The molecule has 0 bridgehead atoms. The number of rotatable bonds is 41. The lowest BCUT2D eigenvalue weighted by atomic mass is 10.1. The van der Waals surface area contributed by atoms with Gasteiger partial charge in [-0.05, 0) is 44.9 Å². The summed E-state index contributed by atoms with van der Waals surface area (Å²) in [6, 6.07) is 0. The van der Waals surface area contributed by atoms with E-state index in [4.69, 9.17) is 14.2 Å². The number of carbonyl (C=O) groups is 3. The number of carbonyl (C=O) groups excluding carboxylic acids is 3. The Morgan fingerprint density at radius 2 is 0.635 bits per heavy atom. The molecule has 0 aromatic rings. The third kappa shape index (κ3) is 39.4. The van der Waals surface area contributed by atoms with E-state index < -0.39 is 6.10 Å². The number of unbranched alkanes of at least 4 members (excludes halogenated alkanes) is 28. The molecule has 0 aromatic heterocycles. The first-order valence-corrected chi connectivity index (χ1v) is 22.7. The molecule has 0 spiro atoms. The molecule has 52 heavy (non-hydrogen) atoms. The number of hydrogen-bond acceptors (Lipinski definition) is 6. The fourth-order valence-electron chi connectivity index (χ4n) is 6.55. The Kier molecular flexibility index (Phi) is 40.4. The molecule has 306 valence electrons. The van der Waals surface area contributed by atoms with E-state index in [2.05, 4.69) is 32.9 Å². The molecule has 0 aliphatic heterocycles. The van der Waals surface area contributed by atoms with E-state index in [1.54, 1.807) is 0 Å². The third-order valence-electron chi connectivity index (χ3n) is 10.0. The van der Waals surface area contributed by atoms with Crippen LogP contribution in [0.1, 0.15) is 245 Å². The molecule has 0 rings (SSSR count). The highest BCUT2D eigenvalue weighted by molar-refractivity contribution is 5.71. The molecule has 0 aliphatic carbocycles. The zero-order valence-corrected chi connectivity index (χ0v) is 34.8. The molecule has 6 nitrogen and oxygen atoms in total. The molecule has 0 heterocycles. The van der Waals surface area contributed by atoms with Crippen molar-refractivity contribution >= 4 is 17.9 Å². The van der Waals surface area contributed by atoms with Crippen LogP contribution in [0.15, 0.2) is 12.2 Å². The first kappa shape index (κ1) is 50.1. The van der Waals surface area contributed by atoms with Gasteiger partial charge in [-0.2, -0.15) is 0 Å². The standard InChI is InChI=1S/C46H86O6/c1-4-7-10-13-16-19-21-22-23-24-26-27-30-33-36-39-45(48)51-42-43(41-50-44(47)38-35-32-29-18-15-12-9-6-3)52-46(49)40-37-34-31-28-25-20-17-14-11-8-5-2/h22-23,43H,4-21,24-42H2,1-3H3/b23-22-. The second-order valence-corrected chi connectivity index (χ2v) is 15.3. The summed E-state index contributed by atoms with van der Waals surface area (Å²) in [5, 5.41) is 0. The summed E-state index contributed by atoms with van der Waals surface area (Å²) in [7, 11) is 0. The first-order valence-electron chi connectivity index (χ1n) is 22.7. The molecule has 1 atom stereocenters. The lowest BCUT2D eigenvalue weighted by Crippen LogP contribution is -2.30. The van der Waals surface area contributed by atoms with Crippen LogP contribution in [0.4, 0.5) is 0 Å². The van der Waals surface area contributed by atoms with Gasteiger partial charge in [0.15, 0.2) is 6.10 Å². The Morgan fingerprint density at radius 1 is 0.365 bits per heavy atom. The topological polar surface area (TPSA) is 78.9 Å². The zero-order valence-electron chi connectivity index (χ0n) is 34.8. The van der Waals surface area contributed by atoms with Gasteiger partial charge in [-0.1, -0.05) is 193 Å². The van der Waals surface area contributed by atoms with Gasteiger partial charge in [0.25, 0.3) is 0 Å². The molecule has 0 amide bonds. The van der Waals surface area contributed by atoms with E-state index >= 15 is 0 Å². The Morgan fingerprint density at radius 3 is 0.962 bits per heavy atom. The molecule has 0 saturated carbocycles. The summed E-state index contributed by atoms with van der Waals surface area (Å²) in [5.41, 5.74) is 0. The van der Waals surface area contributed by atoms with Crippen molar-refractivity contribution in [3.8, 4) is 0 Å². The number of ether oxygens (including phenoxy) is 3. The first-order chi connectivity index (χ1) is 25.5. The molecule has 1 unspecified atom stereocenters. The lowest BCUT2D eigenvalue weighted by Gasteiger charge is -2.18. The van der Waals surface area contributed by atoms with Gasteiger partial charge in [0.05, 0.1) is 0 Å². The summed E-state index contributed by atoms with van der Waals surface area (Å²) in [4.78, 5) is 37.6. The molecule has 0 aromatic carbocycles. The van der Waals surface area contributed by atoms with E-state index in [9.17, 15) is 14.4 Å². The number of allylic oxidation sites excluding steroid dienone is 2. The van der Waals surface area contributed by atoms with Gasteiger partial charge >= 0.3 is 17.9 Å². The van der Waals surface area contributed by atoms with Gasteiger partial charge in [-0.15, -0.1) is 0 Å². The monoisotopic (exact) mass is 735 g/mol. The summed E-state index contributed by atoms with van der Waals surface area (Å²) in [5.74, 6) is -0.875. The van der Waals surface area contributed by atoms with Crippen molar-refractivity contribution < 1.29 is 28.6 Å². The van der Waals surface area contributed by atoms with E-state index in [-0.39, 0.29) is 31.1 Å². The summed E-state index contributed by atoms with van der Waals surface area (Å²) < 4.78 is 16.7. The van der Waals surface area contributed by atoms with Crippen molar-refractivity contribution in [2.24, 2.45) is 0 Å². The van der Waals surface area contributed by atoms with Gasteiger partial charge in [-0.3, -0.25) is 14.4 Å². The van der Waals surface area contributed by atoms with Gasteiger partial charge in [-0.25, -0.2) is 0 Å². The summed E-state index contributed by atoms with van der Waals surface area (Å²) in [6.45, 7) is 6.59. The highest BCUT2D eigenvalue weighted by Crippen LogP contribution is 2.15. The number of hydrogen-bond donors (Lipinski definition) is 0. The Labute approximate surface area is 322 Å². The second-order valence-electron chi connectivity index (χ2n) is 15.3. The maximum Gasteiger partial charge on any atom is 0.306 e. The van der Waals surface area contributed by atoms with Gasteiger partial charge in [0.1, 0.15) is 13.2 Å². The fraction of sp³-hybridized carbons (Fsp3) is 0.891. The molecule has 0 fully saturated rings. The smallest absolute Gasteiger partial charge is 0.306 e. The Balaban J connectivity index is 4.30. The maximum atomic E-state index is 12.7. The molecule has 0 saturated heterocycles. The maximum absolute atomic E-state index is 12.7. The summed E-state index contributed by atoms with van der Waals surface area (Å²) >= 11 is 0. The number of esters is 3. The lowest BCUT2D eigenvalue weighted by molar-refractivity contribution is -0.167. The fourth-order valence-corrected chi connectivity index (χ4v) is 6.55. The minimum atomic E-state index is -0.763. The van der Waals surface area contributed by atoms with Crippen LogP contribution >= 0.6 is 0 Å². The van der Waals surface area contributed by atoms with Crippen molar-refractivity contribution in [1.82, 2.24) is 0 Å². The van der Waals surface area contributed by atoms with Crippen LogP contribution in [0, 0.1) is 0 Å². The van der Waals surface area contributed by atoms with Crippen molar-refractivity contribution in [3.05, 3.63) is 12.2 Å². The second kappa shape index (κ2) is 41.9. The molecule has 0 radical (unpaired) electrons. The molecule has 0 N–H and O–H groups in total. The third-order valence-corrected chi connectivity index (χ3v) is 10.0. The van der Waals surface area contributed by atoms with Crippen LogP contribution in [0.3, 0.4) is 0 Å². The van der Waals surface area contributed by atoms with Crippen LogP contribution in [-0.4, -0.2) is 37.2 Å². The minimum absolute atomic E-state index is 0.0689. The molecular weight excluding hydrogens is 648 g/mol. The van der Waals surface area contributed by atoms with Gasteiger partial charge < -0.3 is 14.2 Å². The van der Waals surface area contributed by atoms with Crippen LogP contribution < -0.4 is 0 Å². The largest absolute Gasteiger partial charge is 0.462 e. The SMILES string of the molecule is CCCCCCCC/C=C\CCCCCCCC(=O)OCC(COC(=O)CCCCCCCCCC)OC(=O)CCCCCCCCCCCCC. The van der Waals surface area contributed by atoms with Crippen molar-refractivity contribution in [2.75, 3.05) is 13.2 Å². The summed E-state index contributed by atoms with van der Waals surface area (Å²) in [6.07, 6.45) is 43.4. The van der Waals surface area contributed by atoms with E-state index in [0.717, 1.165) is 64.2 Å². The van der Waals surface area contributed by atoms with E-state index in [1.807, 2.05) is 0 Å². The Bertz CT molecular complexity index is 809. The average molecular weight is 735 g/mol. The van der Waals surface area contributed by atoms with Crippen LogP contribution in [0.5, 0.6) is 0 Å². The van der Waals surface area contributed by atoms with Gasteiger partial charge in [0.2, 0.25) is 0 Å². The molecule has 0 aliphatic rings. The molecule has 6 heteroatoms. The van der Waals surface area contributed by atoms with E-state index in [1.165, 1.54) is 141 Å². The average Bonchev–Trinajstić information content (AvgIpc) is 3.14. The van der Waals surface area contributed by atoms with Gasteiger partial charge in [0, 0.05) is 19.3 Å². The van der Waals surface area contributed by atoms with Crippen LogP contribution in [0.25, 0.3) is 0 Å². The highest BCUT2D eigenvalue weighted by Gasteiger charge is 2.19. The van der Waals surface area contributed by atoms with Crippen molar-refractivity contribution in [3.63, 3.8) is 0 Å². The van der Waals surface area contributed by atoms with Crippen LogP contribution in [0.2, 0.25) is 0 Å². The zero-order chi connectivity index (χ0) is 38.0. The highest BCUT2D eigenvalue weighted by atomic mass is 16.6. The van der Waals surface area contributed by atoms with Crippen molar-refractivity contribution in [2.45, 2.75) is 252 Å². The Hall–Kier alpha value is -1.85. The van der Waals surface area contributed by atoms with E-state index in [0.29, 0.717) is 19.3 Å². The molecular formula is C46H86O6.